The van der Waals surface area contributed by atoms with Gasteiger partial charge in [-0.25, -0.2) is 0 Å². The number of carbonyl (C=O) groups is 2. The molecule has 1 aromatic heterocycles. The van der Waals surface area contributed by atoms with Crippen LogP contribution in [0.15, 0.2) is 24.5 Å². The third kappa shape index (κ3) is 6.37. The van der Waals surface area contributed by atoms with Gasteiger partial charge in [0.1, 0.15) is 12.6 Å². The fourth-order valence-electron chi connectivity index (χ4n) is 3.37. The van der Waals surface area contributed by atoms with Crippen molar-refractivity contribution in [2.75, 3.05) is 26.3 Å². The van der Waals surface area contributed by atoms with Gasteiger partial charge < -0.3 is 14.4 Å². The molecule has 1 N–H and O–H groups in total. The Hall–Kier alpha value is -2.39. The van der Waals surface area contributed by atoms with Crippen LogP contribution >= 0.6 is 0 Å². The second-order valence-corrected chi connectivity index (χ2v) is 6.53. The third-order valence-corrected chi connectivity index (χ3v) is 4.71. The Balaban J connectivity index is 1.98. The maximum absolute atomic E-state index is 12.0. The van der Waals surface area contributed by atoms with Gasteiger partial charge >= 0.3 is 11.9 Å². The summed E-state index contributed by atoms with van der Waals surface area (Å²) in [4.78, 5) is 29.6. The van der Waals surface area contributed by atoms with Gasteiger partial charge in [0.15, 0.2) is 5.92 Å². The fraction of sp³-hybridized carbons (Fsp3) is 0.571. The van der Waals surface area contributed by atoms with Crippen molar-refractivity contribution in [2.24, 2.45) is 5.92 Å². The second kappa shape index (κ2) is 11.3. The van der Waals surface area contributed by atoms with E-state index in [1.807, 2.05) is 12.3 Å². The summed E-state index contributed by atoms with van der Waals surface area (Å²) in [7, 11) is 0. The predicted octanol–water partition coefficient (Wildman–Crippen LogP) is 1.33. The van der Waals surface area contributed by atoms with E-state index < -0.39 is 17.9 Å². The summed E-state index contributed by atoms with van der Waals surface area (Å²) in [6.45, 7) is 5.62. The molecule has 1 saturated heterocycles. The molecule has 6 heteroatoms. The van der Waals surface area contributed by atoms with Crippen LogP contribution in [0, 0.1) is 17.8 Å². The van der Waals surface area contributed by atoms with Crippen LogP contribution in [0.5, 0.6) is 0 Å². The number of hydrogen-bond donors (Lipinski definition) is 1. The number of esters is 2. The van der Waals surface area contributed by atoms with Crippen LogP contribution in [-0.2, 0) is 19.1 Å². The molecule has 1 unspecified atom stereocenters. The molecule has 1 aliphatic rings. The number of nitrogens with zero attached hydrogens (tertiary/aromatic N) is 1. The van der Waals surface area contributed by atoms with Crippen LogP contribution in [0.4, 0.5) is 0 Å². The van der Waals surface area contributed by atoms with E-state index in [4.69, 9.17) is 9.47 Å². The largest absolute Gasteiger partial charge is 0.465 e. The highest BCUT2D eigenvalue weighted by Gasteiger charge is 2.29. The molecule has 2 rings (SSSR count). The van der Waals surface area contributed by atoms with Gasteiger partial charge in [-0.15, -0.1) is 0 Å². The van der Waals surface area contributed by atoms with Gasteiger partial charge in [-0.05, 0) is 38.7 Å². The van der Waals surface area contributed by atoms with Crippen LogP contribution in [0.1, 0.15) is 51.1 Å². The van der Waals surface area contributed by atoms with Crippen molar-refractivity contribution in [2.45, 2.75) is 45.6 Å². The van der Waals surface area contributed by atoms with Crippen LogP contribution < -0.4 is 4.90 Å². The number of hydrogen-bond acceptors (Lipinski definition) is 5. The Morgan fingerprint density at radius 2 is 1.96 bits per heavy atom. The van der Waals surface area contributed by atoms with E-state index in [0.717, 1.165) is 13.0 Å². The number of quaternary nitrogens is 1. The number of pyridine rings is 1. The molecule has 0 saturated carbocycles. The van der Waals surface area contributed by atoms with E-state index in [9.17, 15) is 9.59 Å². The molecule has 0 aliphatic carbocycles. The topological polar surface area (TPSA) is 69.9 Å². The fourth-order valence-corrected chi connectivity index (χ4v) is 3.37. The van der Waals surface area contributed by atoms with Crippen LogP contribution in [0.3, 0.4) is 0 Å². The summed E-state index contributed by atoms with van der Waals surface area (Å²) in [5.74, 6) is 4.05. The highest BCUT2D eigenvalue weighted by molar-refractivity contribution is 5.95. The summed E-state index contributed by atoms with van der Waals surface area (Å²) < 4.78 is 9.95. The van der Waals surface area contributed by atoms with Crippen molar-refractivity contribution >= 4 is 11.9 Å². The summed E-state index contributed by atoms with van der Waals surface area (Å²) >= 11 is 0. The molecular weight excluding hydrogens is 344 g/mol. The molecule has 146 valence electrons. The Labute approximate surface area is 161 Å². The number of aromatic nitrogens is 1. The van der Waals surface area contributed by atoms with E-state index in [0.29, 0.717) is 12.6 Å². The van der Waals surface area contributed by atoms with Gasteiger partial charge in [0.2, 0.25) is 0 Å². The number of nitrogens with one attached hydrogen (secondary N) is 1. The normalized spacial score (nSPS) is 19.1. The van der Waals surface area contributed by atoms with E-state index in [1.165, 1.54) is 23.3 Å². The Bertz CT molecular complexity index is 648. The summed E-state index contributed by atoms with van der Waals surface area (Å²) in [6, 6.07) is 4.48. The van der Waals surface area contributed by atoms with Crippen molar-refractivity contribution in [1.82, 2.24) is 4.98 Å². The van der Waals surface area contributed by atoms with Crippen molar-refractivity contribution in [1.29, 1.82) is 0 Å². The zero-order chi connectivity index (χ0) is 19.5. The first-order valence-electron chi connectivity index (χ1n) is 9.70. The van der Waals surface area contributed by atoms with Gasteiger partial charge in [-0.1, -0.05) is 12.0 Å². The highest BCUT2D eigenvalue weighted by Crippen LogP contribution is 2.18. The molecule has 0 spiro atoms. The first-order valence-corrected chi connectivity index (χ1v) is 9.70. The van der Waals surface area contributed by atoms with Crippen LogP contribution in [0.25, 0.3) is 0 Å². The Morgan fingerprint density at radius 1 is 1.22 bits per heavy atom. The SMILES string of the molecule is CCOC(=O)C(CC#CC[NH+]1CCCC[C@H]1c1cccnc1)C(=O)OCC. The lowest BCUT2D eigenvalue weighted by Crippen LogP contribution is -3.13. The molecule has 1 aliphatic heterocycles. The molecule has 0 radical (unpaired) electrons. The zero-order valence-corrected chi connectivity index (χ0v) is 16.2. The lowest BCUT2D eigenvalue weighted by molar-refractivity contribution is -0.930. The smallest absolute Gasteiger partial charge is 0.321 e. The van der Waals surface area contributed by atoms with Gasteiger partial charge in [0, 0.05) is 30.8 Å². The lowest BCUT2D eigenvalue weighted by Gasteiger charge is -2.31. The van der Waals surface area contributed by atoms with Crippen LogP contribution in [-0.4, -0.2) is 43.2 Å². The number of carbonyl (C=O) groups excluding carboxylic acids is 2. The molecular formula is C21H29N2O4+. The van der Waals surface area contributed by atoms with Crippen molar-refractivity contribution in [3.05, 3.63) is 30.1 Å². The minimum atomic E-state index is -0.970. The lowest BCUT2D eigenvalue weighted by atomic mass is 9.96. The van der Waals surface area contributed by atoms with Crippen molar-refractivity contribution in [3.63, 3.8) is 0 Å². The minimum Gasteiger partial charge on any atom is -0.465 e. The van der Waals surface area contributed by atoms with E-state index in [2.05, 4.69) is 22.9 Å². The molecule has 27 heavy (non-hydrogen) atoms. The van der Waals surface area contributed by atoms with Gasteiger partial charge in [-0.2, -0.15) is 0 Å². The number of piperidine rings is 1. The Morgan fingerprint density at radius 3 is 2.59 bits per heavy atom. The molecule has 2 atom stereocenters. The van der Waals surface area contributed by atoms with E-state index in [1.54, 1.807) is 20.0 Å². The minimum absolute atomic E-state index is 0.127. The average Bonchev–Trinajstić information content (AvgIpc) is 2.69. The zero-order valence-electron chi connectivity index (χ0n) is 16.2. The number of rotatable bonds is 7. The van der Waals surface area contributed by atoms with Gasteiger partial charge in [-0.3, -0.25) is 14.6 Å². The molecule has 1 fully saturated rings. The molecule has 0 aromatic carbocycles. The maximum Gasteiger partial charge on any atom is 0.321 e. The first-order chi connectivity index (χ1) is 13.2. The molecule has 2 heterocycles. The second-order valence-electron chi connectivity index (χ2n) is 6.53. The number of likely N-dealkylation sites (tertiary alicyclic amines) is 1. The van der Waals surface area contributed by atoms with E-state index in [-0.39, 0.29) is 19.6 Å². The summed E-state index contributed by atoms with van der Waals surface area (Å²) in [6.07, 6.45) is 7.36. The molecule has 0 bridgehead atoms. The van der Waals surface area contributed by atoms with Crippen LogP contribution in [0.2, 0.25) is 0 Å². The monoisotopic (exact) mass is 373 g/mol. The Kier molecular flexibility index (Phi) is 8.79. The molecule has 0 amide bonds. The third-order valence-electron chi connectivity index (χ3n) is 4.71. The standard InChI is InChI=1S/C21H28N2O4/c1-3-26-20(24)18(21(25)27-4-2)11-5-7-14-23-15-8-6-12-19(23)17-10-9-13-22-16-17/h9-10,13,16,18-19H,3-4,6,8,11-12,14-15H2,1-2H3/p+1/t19-/m0/s1. The number of ether oxygens (including phenoxy) is 2. The molecule has 6 nitrogen and oxygen atoms in total. The predicted molar refractivity (Wildman–Crippen MR) is 101 cm³/mol. The summed E-state index contributed by atoms with van der Waals surface area (Å²) in [5, 5.41) is 0. The maximum atomic E-state index is 12.0. The first kappa shape index (κ1) is 20.9. The highest BCUT2D eigenvalue weighted by atomic mass is 16.6. The quantitative estimate of drug-likeness (QED) is 0.444. The van der Waals surface area contributed by atoms with E-state index >= 15 is 0 Å². The van der Waals surface area contributed by atoms with Gasteiger partial charge in [0.25, 0.3) is 0 Å². The average molecular weight is 373 g/mol. The van der Waals surface area contributed by atoms with Crippen molar-refractivity contribution < 1.29 is 24.0 Å². The molecule has 1 aromatic rings. The summed E-state index contributed by atoms with van der Waals surface area (Å²) in [5.41, 5.74) is 1.24. The van der Waals surface area contributed by atoms with Crippen molar-refractivity contribution in [3.8, 4) is 11.8 Å². The van der Waals surface area contributed by atoms with Gasteiger partial charge in [0.05, 0.1) is 19.8 Å².